The van der Waals surface area contributed by atoms with Gasteiger partial charge in [0.1, 0.15) is 11.5 Å². The second-order valence-electron chi connectivity index (χ2n) is 4.78. The number of carbonyl (C=O) groups excluding carboxylic acids is 1. The highest BCUT2D eigenvalue weighted by atomic mass is 16.5. The van der Waals surface area contributed by atoms with Crippen LogP contribution in [0.5, 0.6) is 0 Å². The van der Waals surface area contributed by atoms with Crippen molar-refractivity contribution in [3.63, 3.8) is 0 Å². The summed E-state index contributed by atoms with van der Waals surface area (Å²) in [5.74, 6) is 0.894. The van der Waals surface area contributed by atoms with Gasteiger partial charge in [-0.2, -0.15) is 5.10 Å². The first kappa shape index (κ1) is 12.9. The average molecular weight is 252 g/mol. The van der Waals surface area contributed by atoms with Crippen LogP contribution in [0.25, 0.3) is 0 Å². The third-order valence-electron chi connectivity index (χ3n) is 3.42. The van der Waals surface area contributed by atoms with Crippen molar-refractivity contribution < 1.29 is 9.53 Å². The largest absolute Gasteiger partial charge is 0.383 e. The number of aromatic nitrogens is 2. The average Bonchev–Trinajstić information content (AvgIpc) is 3.11. The van der Waals surface area contributed by atoms with Gasteiger partial charge in [0.25, 0.3) is 5.91 Å². The van der Waals surface area contributed by atoms with E-state index in [9.17, 15) is 4.79 Å². The molecular weight excluding hydrogens is 232 g/mol. The molecule has 6 nitrogen and oxygen atoms in total. The number of anilines is 1. The Balaban J connectivity index is 2.09. The summed E-state index contributed by atoms with van der Waals surface area (Å²) in [4.78, 5) is 14.2. The van der Waals surface area contributed by atoms with E-state index >= 15 is 0 Å². The third-order valence-corrected chi connectivity index (χ3v) is 3.42. The maximum atomic E-state index is 12.4. The van der Waals surface area contributed by atoms with E-state index in [4.69, 9.17) is 10.5 Å². The molecule has 1 aromatic rings. The lowest BCUT2D eigenvalue weighted by molar-refractivity contribution is 0.0589. The molecule has 1 atom stereocenters. The zero-order valence-electron chi connectivity index (χ0n) is 10.8. The zero-order valence-corrected chi connectivity index (χ0v) is 10.8. The van der Waals surface area contributed by atoms with Crippen molar-refractivity contribution in [2.45, 2.75) is 25.8 Å². The molecule has 1 saturated carbocycles. The molecule has 1 amide bonds. The van der Waals surface area contributed by atoms with Gasteiger partial charge < -0.3 is 15.4 Å². The van der Waals surface area contributed by atoms with Crippen molar-refractivity contribution in [1.82, 2.24) is 15.1 Å². The summed E-state index contributed by atoms with van der Waals surface area (Å²) in [6, 6.07) is 1.80. The molecule has 1 heterocycles. The van der Waals surface area contributed by atoms with Gasteiger partial charge in [0.05, 0.1) is 6.61 Å². The quantitative estimate of drug-likeness (QED) is 0.787. The molecular formula is C12H20N4O2. The number of hydrogen-bond acceptors (Lipinski definition) is 4. The van der Waals surface area contributed by atoms with Gasteiger partial charge in [-0.3, -0.25) is 9.89 Å². The molecule has 2 rings (SSSR count). The monoisotopic (exact) mass is 252 g/mol. The van der Waals surface area contributed by atoms with E-state index in [0.29, 0.717) is 30.6 Å². The lowest BCUT2D eigenvalue weighted by atomic mass is 10.1. The number of ether oxygens (including phenoxy) is 1. The van der Waals surface area contributed by atoms with E-state index < -0.39 is 0 Å². The molecule has 1 aliphatic rings. The first-order valence-corrected chi connectivity index (χ1v) is 6.24. The molecule has 100 valence electrons. The predicted octanol–water partition coefficient (Wildman–Crippen LogP) is 0.879. The summed E-state index contributed by atoms with van der Waals surface area (Å²) in [5.41, 5.74) is 5.97. The molecule has 18 heavy (non-hydrogen) atoms. The van der Waals surface area contributed by atoms with Crippen molar-refractivity contribution in [2.75, 3.05) is 26.0 Å². The summed E-state index contributed by atoms with van der Waals surface area (Å²) >= 11 is 0. The van der Waals surface area contributed by atoms with Crippen LogP contribution in [0.1, 0.15) is 30.3 Å². The van der Waals surface area contributed by atoms with E-state index in [-0.39, 0.29) is 11.9 Å². The summed E-state index contributed by atoms with van der Waals surface area (Å²) < 4.78 is 5.07. The molecule has 6 heteroatoms. The Morgan fingerprint density at radius 2 is 2.44 bits per heavy atom. The second-order valence-corrected chi connectivity index (χ2v) is 4.78. The first-order valence-electron chi connectivity index (χ1n) is 6.24. The molecule has 1 unspecified atom stereocenters. The van der Waals surface area contributed by atoms with Gasteiger partial charge >= 0.3 is 0 Å². The topological polar surface area (TPSA) is 84.2 Å². The van der Waals surface area contributed by atoms with Crippen LogP contribution >= 0.6 is 0 Å². The van der Waals surface area contributed by atoms with E-state index in [1.807, 2.05) is 4.90 Å². The van der Waals surface area contributed by atoms with Gasteiger partial charge in [-0.25, -0.2) is 0 Å². The van der Waals surface area contributed by atoms with Crippen LogP contribution in [-0.2, 0) is 4.74 Å². The van der Waals surface area contributed by atoms with Crippen molar-refractivity contribution in [3.05, 3.63) is 11.8 Å². The fraction of sp³-hybridized carbons (Fsp3) is 0.667. The molecule has 3 N–H and O–H groups in total. The number of carbonyl (C=O) groups is 1. The minimum Gasteiger partial charge on any atom is -0.383 e. The Morgan fingerprint density at radius 3 is 2.94 bits per heavy atom. The van der Waals surface area contributed by atoms with Crippen LogP contribution in [0.2, 0.25) is 0 Å². The van der Waals surface area contributed by atoms with E-state index in [0.717, 1.165) is 0 Å². The Morgan fingerprint density at radius 1 is 1.72 bits per heavy atom. The number of nitrogens with zero attached hydrogens (tertiary/aromatic N) is 2. The second kappa shape index (κ2) is 5.39. The highest BCUT2D eigenvalue weighted by Gasteiger charge is 2.34. The van der Waals surface area contributed by atoms with Crippen LogP contribution in [0.3, 0.4) is 0 Å². The maximum absolute atomic E-state index is 12.4. The van der Waals surface area contributed by atoms with Gasteiger partial charge in [0.15, 0.2) is 0 Å². The normalized spacial score (nSPS) is 16.6. The summed E-state index contributed by atoms with van der Waals surface area (Å²) in [7, 11) is 1.64. The zero-order chi connectivity index (χ0) is 13.1. The summed E-state index contributed by atoms with van der Waals surface area (Å²) in [6.45, 7) is 3.21. The Hall–Kier alpha value is -1.56. The molecule has 0 spiro atoms. The summed E-state index contributed by atoms with van der Waals surface area (Å²) in [5, 5.41) is 6.46. The predicted molar refractivity (Wildman–Crippen MR) is 68.1 cm³/mol. The van der Waals surface area contributed by atoms with Gasteiger partial charge in [-0.15, -0.1) is 0 Å². The minimum absolute atomic E-state index is 0.0596. The lowest BCUT2D eigenvalue weighted by Gasteiger charge is -2.28. The fourth-order valence-electron chi connectivity index (χ4n) is 2.11. The van der Waals surface area contributed by atoms with E-state index in [1.54, 1.807) is 13.2 Å². The fourth-order valence-corrected chi connectivity index (χ4v) is 2.11. The Labute approximate surface area is 106 Å². The SMILES string of the molecule is COCCN(C(=O)c1cc(N)n[nH]1)C(C)C1CC1. The van der Waals surface area contributed by atoms with Crippen molar-refractivity contribution in [3.8, 4) is 0 Å². The molecule has 1 aliphatic carbocycles. The number of aromatic amines is 1. The Bertz CT molecular complexity index is 414. The van der Waals surface area contributed by atoms with Crippen LogP contribution < -0.4 is 5.73 Å². The highest BCUT2D eigenvalue weighted by Crippen LogP contribution is 2.35. The van der Waals surface area contributed by atoms with Crippen LogP contribution in [0.4, 0.5) is 5.82 Å². The van der Waals surface area contributed by atoms with Gasteiger partial charge in [-0.1, -0.05) is 0 Å². The van der Waals surface area contributed by atoms with Crippen molar-refractivity contribution >= 4 is 11.7 Å². The third kappa shape index (κ3) is 2.81. The number of H-pyrrole nitrogens is 1. The number of nitrogen functional groups attached to an aromatic ring is 1. The van der Waals surface area contributed by atoms with Crippen LogP contribution in [0, 0.1) is 5.92 Å². The molecule has 1 aromatic heterocycles. The number of methoxy groups -OCH3 is 1. The Kier molecular flexibility index (Phi) is 3.86. The number of nitrogens with two attached hydrogens (primary N) is 1. The van der Waals surface area contributed by atoms with Crippen molar-refractivity contribution in [1.29, 1.82) is 0 Å². The van der Waals surface area contributed by atoms with E-state index in [2.05, 4.69) is 17.1 Å². The molecule has 0 radical (unpaired) electrons. The van der Waals surface area contributed by atoms with E-state index in [1.165, 1.54) is 12.8 Å². The molecule has 0 aromatic carbocycles. The standard InChI is InChI=1S/C12H20N4O2/c1-8(9-3-4-9)16(5-6-18-2)12(17)10-7-11(13)15-14-10/h7-9H,3-6H2,1-2H3,(H3,13,14,15). The van der Waals surface area contributed by atoms with Crippen molar-refractivity contribution in [2.24, 2.45) is 5.92 Å². The maximum Gasteiger partial charge on any atom is 0.272 e. The van der Waals surface area contributed by atoms with Crippen LogP contribution in [0.15, 0.2) is 6.07 Å². The molecule has 0 saturated heterocycles. The van der Waals surface area contributed by atoms with Gasteiger partial charge in [0.2, 0.25) is 0 Å². The summed E-state index contributed by atoms with van der Waals surface area (Å²) in [6.07, 6.45) is 2.39. The number of rotatable bonds is 6. The molecule has 0 bridgehead atoms. The van der Waals surface area contributed by atoms with Gasteiger partial charge in [-0.05, 0) is 25.7 Å². The van der Waals surface area contributed by atoms with Gasteiger partial charge in [0, 0.05) is 25.8 Å². The first-order chi connectivity index (χ1) is 8.63. The molecule has 1 fully saturated rings. The minimum atomic E-state index is -0.0596. The van der Waals surface area contributed by atoms with Crippen LogP contribution in [-0.4, -0.2) is 47.3 Å². The molecule has 0 aliphatic heterocycles. The number of amides is 1. The smallest absolute Gasteiger partial charge is 0.272 e. The lowest BCUT2D eigenvalue weighted by Crippen LogP contribution is -2.42. The highest BCUT2D eigenvalue weighted by molar-refractivity contribution is 5.93. The number of nitrogens with one attached hydrogen (secondary N) is 1. The number of hydrogen-bond donors (Lipinski definition) is 2.